The van der Waals surface area contributed by atoms with Crippen molar-refractivity contribution in [2.75, 3.05) is 7.11 Å². The Labute approximate surface area is 84.4 Å². The van der Waals surface area contributed by atoms with E-state index < -0.39 is 0 Å². The number of aliphatic imine (C=N–C) groups is 1. The van der Waals surface area contributed by atoms with E-state index in [2.05, 4.69) is 25.3 Å². The summed E-state index contributed by atoms with van der Waals surface area (Å²) in [6.07, 6.45) is 2.94. The summed E-state index contributed by atoms with van der Waals surface area (Å²) in [4.78, 5) is 17.8. The van der Waals surface area contributed by atoms with Gasteiger partial charge in [-0.2, -0.15) is 0 Å². The minimum atomic E-state index is 0.640. The molecule has 72 valence electrons. The van der Waals surface area contributed by atoms with E-state index in [0.29, 0.717) is 5.82 Å². The molecule has 0 aliphatic heterocycles. The summed E-state index contributed by atoms with van der Waals surface area (Å²) in [5.74, 6) is 0.640. The number of fused-ring (bicyclic) bond motifs is 1. The van der Waals surface area contributed by atoms with Gasteiger partial charge in [-0.05, 0) is 11.4 Å². The smallest absolute Gasteiger partial charge is 0.165 e. The van der Waals surface area contributed by atoms with Crippen molar-refractivity contribution in [1.82, 2.24) is 15.4 Å². The summed E-state index contributed by atoms with van der Waals surface area (Å²) in [6, 6.07) is 1.94. The predicted molar refractivity (Wildman–Crippen MR) is 55.7 cm³/mol. The van der Waals surface area contributed by atoms with Crippen LogP contribution in [0, 0.1) is 0 Å². The Hall–Kier alpha value is -1.53. The topological polar surface area (TPSA) is 59.4 Å². The summed E-state index contributed by atoms with van der Waals surface area (Å²) in [6.45, 7) is 0. The second-order valence-electron chi connectivity index (χ2n) is 2.42. The number of hydrogen-bond acceptors (Lipinski definition) is 5. The van der Waals surface area contributed by atoms with Crippen LogP contribution in [0.5, 0.6) is 0 Å². The first-order valence-electron chi connectivity index (χ1n) is 3.91. The van der Waals surface area contributed by atoms with E-state index in [1.54, 1.807) is 11.3 Å². The van der Waals surface area contributed by atoms with E-state index in [4.69, 9.17) is 0 Å². The first-order chi connectivity index (χ1) is 6.92. The Bertz CT molecular complexity index is 453. The number of nitrogens with zero attached hydrogens (tertiary/aromatic N) is 3. The van der Waals surface area contributed by atoms with E-state index in [1.165, 1.54) is 19.8 Å². The van der Waals surface area contributed by atoms with Gasteiger partial charge in [0.05, 0.1) is 12.5 Å². The first-order valence-corrected chi connectivity index (χ1v) is 4.79. The van der Waals surface area contributed by atoms with Crippen LogP contribution in [-0.2, 0) is 4.84 Å². The number of nitrogens with one attached hydrogen (secondary N) is 1. The van der Waals surface area contributed by atoms with Gasteiger partial charge in [-0.1, -0.05) is 0 Å². The molecular weight excluding hydrogens is 200 g/mol. The molecule has 14 heavy (non-hydrogen) atoms. The van der Waals surface area contributed by atoms with Gasteiger partial charge in [-0.3, -0.25) is 10.3 Å². The first kappa shape index (κ1) is 9.04. The molecule has 2 rings (SSSR count). The van der Waals surface area contributed by atoms with Crippen LogP contribution in [0.2, 0.25) is 0 Å². The molecule has 0 bridgehead atoms. The summed E-state index contributed by atoms with van der Waals surface area (Å²) in [5.41, 5.74) is 2.50. The zero-order valence-corrected chi connectivity index (χ0v) is 8.28. The molecule has 0 saturated heterocycles. The van der Waals surface area contributed by atoms with Crippen molar-refractivity contribution in [3.8, 4) is 0 Å². The number of hydroxylamine groups is 1. The van der Waals surface area contributed by atoms with Crippen molar-refractivity contribution in [1.29, 1.82) is 0 Å². The van der Waals surface area contributed by atoms with Crippen molar-refractivity contribution >= 4 is 33.7 Å². The van der Waals surface area contributed by atoms with Gasteiger partial charge in [-0.15, -0.1) is 11.3 Å². The minimum Gasteiger partial charge on any atom is -0.279 e. The fourth-order valence-corrected chi connectivity index (χ4v) is 1.75. The summed E-state index contributed by atoms with van der Waals surface area (Å²) in [5, 5.41) is 2.91. The Balaban J connectivity index is 2.36. The Morgan fingerprint density at radius 2 is 2.50 bits per heavy atom. The van der Waals surface area contributed by atoms with Crippen molar-refractivity contribution in [2.45, 2.75) is 0 Å². The third kappa shape index (κ3) is 1.70. The molecular formula is C8H8N4OS. The van der Waals surface area contributed by atoms with Gasteiger partial charge in [0, 0.05) is 0 Å². The van der Waals surface area contributed by atoms with Crippen LogP contribution in [-0.4, -0.2) is 23.4 Å². The van der Waals surface area contributed by atoms with Gasteiger partial charge in [0.25, 0.3) is 0 Å². The van der Waals surface area contributed by atoms with Gasteiger partial charge < -0.3 is 0 Å². The molecule has 2 heterocycles. The molecule has 0 spiro atoms. The molecule has 2 aromatic rings. The lowest BCUT2D eigenvalue weighted by atomic mass is 10.4. The SMILES string of the molecule is CONC=Nc1ncnc2sccc12. The van der Waals surface area contributed by atoms with Crippen LogP contribution in [0.15, 0.2) is 22.8 Å². The van der Waals surface area contributed by atoms with Crippen LogP contribution < -0.4 is 5.48 Å². The maximum absolute atomic E-state index is 4.62. The van der Waals surface area contributed by atoms with Gasteiger partial charge >= 0.3 is 0 Å². The Kier molecular flexibility index (Phi) is 2.66. The van der Waals surface area contributed by atoms with Crippen LogP contribution in [0.4, 0.5) is 5.82 Å². The summed E-state index contributed by atoms with van der Waals surface area (Å²) >= 11 is 1.56. The molecule has 0 radical (unpaired) electrons. The third-order valence-electron chi connectivity index (χ3n) is 1.60. The van der Waals surface area contributed by atoms with Crippen LogP contribution in [0.25, 0.3) is 10.2 Å². The van der Waals surface area contributed by atoms with Crippen LogP contribution in [0.3, 0.4) is 0 Å². The molecule has 5 nitrogen and oxygen atoms in total. The highest BCUT2D eigenvalue weighted by Crippen LogP contribution is 2.25. The highest BCUT2D eigenvalue weighted by molar-refractivity contribution is 7.16. The standard InChI is InChI=1S/C8H8N4OS/c1-13-12-5-10-7-6-2-3-14-8(6)11-4-9-7/h2-5H,1H3,(H,9,10,11,12). The fourth-order valence-electron chi connectivity index (χ4n) is 1.02. The van der Waals surface area contributed by atoms with E-state index in [-0.39, 0.29) is 0 Å². The highest BCUT2D eigenvalue weighted by Gasteiger charge is 2.01. The van der Waals surface area contributed by atoms with Crippen molar-refractivity contribution in [3.05, 3.63) is 17.8 Å². The molecule has 0 aliphatic rings. The van der Waals surface area contributed by atoms with Gasteiger partial charge in [-0.25, -0.2) is 15.0 Å². The minimum absolute atomic E-state index is 0.640. The van der Waals surface area contributed by atoms with Crippen LogP contribution in [0.1, 0.15) is 0 Å². The maximum Gasteiger partial charge on any atom is 0.165 e. The zero-order chi connectivity index (χ0) is 9.80. The molecule has 0 fully saturated rings. The monoisotopic (exact) mass is 208 g/mol. The molecule has 2 aromatic heterocycles. The van der Waals surface area contributed by atoms with E-state index in [0.717, 1.165) is 10.2 Å². The van der Waals surface area contributed by atoms with Crippen molar-refractivity contribution in [3.63, 3.8) is 0 Å². The van der Waals surface area contributed by atoms with E-state index in [9.17, 15) is 0 Å². The molecule has 0 atom stereocenters. The molecule has 0 unspecified atom stereocenters. The zero-order valence-electron chi connectivity index (χ0n) is 7.47. The second kappa shape index (κ2) is 4.12. The number of rotatable bonds is 3. The Morgan fingerprint density at radius 3 is 3.36 bits per heavy atom. The van der Waals surface area contributed by atoms with E-state index in [1.807, 2.05) is 11.4 Å². The quantitative estimate of drug-likeness (QED) is 0.472. The third-order valence-corrected chi connectivity index (χ3v) is 2.42. The molecule has 0 amide bonds. The van der Waals surface area contributed by atoms with Crippen molar-refractivity contribution in [2.24, 2.45) is 4.99 Å². The number of hydrogen-bond donors (Lipinski definition) is 1. The lowest BCUT2D eigenvalue weighted by Crippen LogP contribution is -2.07. The lowest BCUT2D eigenvalue weighted by Gasteiger charge is -1.94. The molecule has 6 heteroatoms. The van der Waals surface area contributed by atoms with E-state index >= 15 is 0 Å². The van der Waals surface area contributed by atoms with Crippen LogP contribution >= 0.6 is 11.3 Å². The normalized spacial score (nSPS) is 11.2. The average Bonchev–Trinajstić information content (AvgIpc) is 2.67. The summed E-state index contributed by atoms with van der Waals surface area (Å²) < 4.78 is 0. The molecule has 1 N–H and O–H groups in total. The van der Waals surface area contributed by atoms with Gasteiger partial charge in [0.1, 0.15) is 17.5 Å². The highest BCUT2D eigenvalue weighted by atomic mass is 32.1. The number of aromatic nitrogens is 2. The lowest BCUT2D eigenvalue weighted by molar-refractivity contribution is 0.148. The average molecular weight is 208 g/mol. The molecule has 0 saturated carbocycles. The second-order valence-corrected chi connectivity index (χ2v) is 3.31. The van der Waals surface area contributed by atoms with Gasteiger partial charge in [0.2, 0.25) is 0 Å². The maximum atomic E-state index is 4.62. The van der Waals surface area contributed by atoms with Gasteiger partial charge in [0.15, 0.2) is 5.82 Å². The fraction of sp³-hybridized carbons (Fsp3) is 0.125. The number of thiophene rings is 1. The molecule has 0 aliphatic carbocycles. The predicted octanol–water partition coefficient (Wildman–Crippen LogP) is 1.50. The Morgan fingerprint density at radius 1 is 1.57 bits per heavy atom. The van der Waals surface area contributed by atoms with Crippen molar-refractivity contribution < 1.29 is 4.84 Å². The summed E-state index contributed by atoms with van der Waals surface area (Å²) in [7, 11) is 1.52. The molecule has 0 aromatic carbocycles. The largest absolute Gasteiger partial charge is 0.279 e.